The summed E-state index contributed by atoms with van der Waals surface area (Å²) in [5.41, 5.74) is 1.50. The Kier molecular flexibility index (Phi) is 9.62. The highest BCUT2D eigenvalue weighted by Gasteiger charge is 2.32. The Balaban J connectivity index is 1.63. The van der Waals surface area contributed by atoms with E-state index in [-0.39, 0.29) is 18.5 Å². The molecule has 0 bridgehead atoms. The molecule has 1 unspecified atom stereocenters. The van der Waals surface area contributed by atoms with E-state index < -0.39 is 22.0 Å². The average Bonchev–Trinajstić information content (AvgIpc) is 2.94. The number of carbonyl (C=O) groups excluding carboxylic acids is 2. The maximum absolute atomic E-state index is 14.0. The standard InChI is InChI=1S/C31H39N3O4S/c1-3-28(31(36)32-26-17-8-5-9-18-26)33(22-21-24-13-6-4-7-14-24)30(35)23-34(39(2,37)38)29-20-12-16-25-15-10-11-19-27(25)29/h4,6-7,10-16,19-20,26,28H,3,5,8-9,17-18,21-23H2,1-2H3,(H,32,36). The Morgan fingerprint density at radius 3 is 2.28 bits per heavy atom. The maximum atomic E-state index is 14.0. The molecule has 2 amide bonds. The van der Waals surface area contributed by atoms with E-state index in [1.165, 1.54) is 10.7 Å². The molecular formula is C31H39N3O4S. The number of hydrogen-bond acceptors (Lipinski definition) is 4. The first-order valence-corrected chi connectivity index (χ1v) is 15.7. The first-order valence-electron chi connectivity index (χ1n) is 13.9. The Hall–Kier alpha value is -3.39. The van der Waals surface area contributed by atoms with Gasteiger partial charge in [0.15, 0.2) is 0 Å². The molecule has 0 saturated heterocycles. The normalized spacial score (nSPS) is 15.0. The summed E-state index contributed by atoms with van der Waals surface area (Å²) in [6, 6.07) is 22.2. The predicted molar refractivity (Wildman–Crippen MR) is 157 cm³/mol. The van der Waals surface area contributed by atoms with Gasteiger partial charge in [0, 0.05) is 18.0 Å². The molecule has 1 N–H and O–H groups in total. The number of anilines is 1. The summed E-state index contributed by atoms with van der Waals surface area (Å²) in [6.07, 6.45) is 7.37. The predicted octanol–water partition coefficient (Wildman–Crippen LogP) is 4.90. The van der Waals surface area contributed by atoms with E-state index in [2.05, 4.69) is 5.32 Å². The van der Waals surface area contributed by atoms with Crippen molar-refractivity contribution in [2.45, 2.75) is 64.0 Å². The van der Waals surface area contributed by atoms with Crippen molar-refractivity contribution in [1.29, 1.82) is 0 Å². The van der Waals surface area contributed by atoms with Crippen molar-refractivity contribution >= 4 is 38.3 Å². The summed E-state index contributed by atoms with van der Waals surface area (Å²) in [5.74, 6) is -0.559. The van der Waals surface area contributed by atoms with Gasteiger partial charge in [0.25, 0.3) is 0 Å². The minimum Gasteiger partial charge on any atom is -0.352 e. The van der Waals surface area contributed by atoms with Gasteiger partial charge < -0.3 is 10.2 Å². The topological polar surface area (TPSA) is 86.8 Å². The number of nitrogens with zero attached hydrogens (tertiary/aromatic N) is 2. The van der Waals surface area contributed by atoms with E-state index in [1.54, 1.807) is 17.0 Å². The molecule has 0 heterocycles. The van der Waals surface area contributed by atoms with Crippen LogP contribution in [0.3, 0.4) is 0 Å². The summed E-state index contributed by atoms with van der Waals surface area (Å²) in [7, 11) is -3.80. The van der Waals surface area contributed by atoms with Gasteiger partial charge >= 0.3 is 0 Å². The second kappa shape index (κ2) is 13.1. The van der Waals surface area contributed by atoms with Crippen LogP contribution in [0.2, 0.25) is 0 Å². The third kappa shape index (κ3) is 7.38. The molecule has 3 aromatic rings. The van der Waals surface area contributed by atoms with Crippen molar-refractivity contribution in [3.63, 3.8) is 0 Å². The summed E-state index contributed by atoms with van der Waals surface area (Å²) in [5, 5.41) is 4.81. The zero-order valence-electron chi connectivity index (χ0n) is 22.9. The van der Waals surface area contributed by atoms with Gasteiger partial charge in [-0.05, 0) is 42.7 Å². The van der Waals surface area contributed by atoms with Crippen LogP contribution in [-0.2, 0) is 26.0 Å². The third-order valence-electron chi connectivity index (χ3n) is 7.54. The van der Waals surface area contributed by atoms with Crippen molar-refractivity contribution in [1.82, 2.24) is 10.2 Å². The van der Waals surface area contributed by atoms with Crippen molar-refractivity contribution in [2.24, 2.45) is 0 Å². The number of amides is 2. The zero-order valence-corrected chi connectivity index (χ0v) is 23.7. The van der Waals surface area contributed by atoms with E-state index in [0.717, 1.165) is 48.3 Å². The molecule has 4 rings (SSSR count). The lowest BCUT2D eigenvalue weighted by molar-refractivity contribution is -0.140. The van der Waals surface area contributed by atoms with Crippen molar-refractivity contribution in [2.75, 3.05) is 23.7 Å². The lowest BCUT2D eigenvalue weighted by atomic mass is 9.95. The fourth-order valence-electron chi connectivity index (χ4n) is 5.46. The first kappa shape index (κ1) is 28.6. The van der Waals surface area contributed by atoms with Crippen LogP contribution in [0.1, 0.15) is 51.0 Å². The van der Waals surface area contributed by atoms with E-state index in [4.69, 9.17) is 0 Å². The summed E-state index contributed by atoms with van der Waals surface area (Å²) >= 11 is 0. The van der Waals surface area contributed by atoms with Gasteiger partial charge in [0.2, 0.25) is 21.8 Å². The van der Waals surface area contributed by atoms with Gasteiger partial charge in [-0.15, -0.1) is 0 Å². The molecule has 0 aromatic heterocycles. The van der Waals surface area contributed by atoms with Gasteiger partial charge in [-0.1, -0.05) is 92.9 Å². The fraction of sp³-hybridized carbons (Fsp3) is 0.419. The van der Waals surface area contributed by atoms with E-state index in [0.29, 0.717) is 25.1 Å². The quantitative estimate of drug-likeness (QED) is 0.368. The number of benzene rings is 3. The molecule has 39 heavy (non-hydrogen) atoms. The van der Waals surface area contributed by atoms with Crippen LogP contribution in [0, 0.1) is 0 Å². The summed E-state index contributed by atoms with van der Waals surface area (Å²) in [4.78, 5) is 29.0. The Morgan fingerprint density at radius 1 is 0.923 bits per heavy atom. The number of hydrogen-bond donors (Lipinski definition) is 1. The van der Waals surface area contributed by atoms with Crippen LogP contribution < -0.4 is 9.62 Å². The first-order chi connectivity index (χ1) is 18.8. The second-order valence-corrected chi connectivity index (χ2v) is 12.3. The number of sulfonamides is 1. The van der Waals surface area contributed by atoms with E-state index in [1.807, 2.05) is 67.6 Å². The second-order valence-electron chi connectivity index (χ2n) is 10.4. The fourth-order valence-corrected chi connectivity index (χ4v) is 6.32. The molecule has 7 nitrogen and oxygen atoms in total. The van der Waals surface area contributed by atoms with Gasteiger partial charge in [-0.3, -0.25) is 13.9 Å². The van der Waals surface area contributed by atoms with Gasteiger partial charge in [0.1, 0.15) is 12.6 Å². The molecule has 208 valence electrons. The summed E-state index contributed by atoms with van der Waals surface area (Å²) in [6.45, 7) is 1.83. The molecule has 0 aliphatic heterocycles. The molecule has 0 spiro atoms. The minimum absolute atomic E-state index is 0.120. The van der Waals surface area contributed by atoms with E-state index in [9.17, 15) is 18.0 Å². The lowest BCUT2D eigenvalue weighted by Gasteiger charge is -2.34. The smallest absolute Gasteiger partial charge is 0.244 e. The maximum Gasteiger partial charge on any atom is 0.244 e. The highest BCUT2D eigenvalue weighted by atomic mass is 32.2. The zero-order chi connectivity index (χ0) is 27.8. The minimum atomic E-state index is -3.80. The number of carbonyl (C=O) groups is 2. The molecule has 0 radical (unpaired) electrons. The van der Waals surface area contributed by atoms with Crippen LogP contribution in [0.15, 0.2) is 72.8 Å². The molecule has 3 aromatic carbocycles. The summed E-state index contributed by atoms with van der Waals surface area (Å²) < 4.78 is 27.2. The van der Waals surface area contributed by atoms with Crippen LogP contribution in [0.4, 0.5) is 5.69 Å². The Bertz CT molecular complexity index is 1370. The van der Waals surface area contributed by atoms with Crippen molar-refractivity contribution < 1.29 is 18.0 Å². The van der Waals surface area contributed by atoms with Gasteiger partial charge in [0.05, 0.1) is 11.9 Å². The average molecular weight is 550 g/mol. The third-order valence-corrected chi connectivity index (χ3v) is 8.66. The number of rotatable bonds is 11. The monoisotopic (exact) mass is 549 g/mol. The highest BCUT2D eigenvalue weighted by molar-refractivity contribution is 7.92. The van der Waals surface area contributed by atoms with Crippen molar-refractivity contribution in [3.05, 3.63) is 78.4 Å². The Morgan fingerprint density at radius 2 is 1.59 bits per heavy atom. The molecule has 1 saturated carbocycles. The van der Waals surface area contributed by atoms with Crippen molar-refractivity contribution in [3.8, 4) is 0 Å². The highest BCUT2D eigenvalue weighted by Crippen LogP contribution is 2.29. The van der Waals surface area contributed by atoms with Gasteiger partial charge in [-0.25, -0.2) is 8.42 Å². The molecule has 1 aliphatic carbocycles. The van der Waals surface area contributed by atoms with Gasteiger partial charge in [-0.2, -0.15) is 0 Å². The Labute approximate surface area is 232 Å². The largest absolute Gasteiger partial charge is 0.352 e. The van der Waals surface area contributed by atoms with Crippen LogP contribution in [0.5, 0.6) is 0 Å². The lowest BCUT2D eigenvalue weighted by Crippen LogP contribution is -2.54. The number of nitrogens with one attached hydrogen (secondary N) is 1. The van der Waals surface area contributed by atoms with E-state index >= 15 is 0 Å². The molecular weight excluding hydrogens is 510 g/mol. The van der Waals surface area contributed by atoms with Crippen LogP contribution >= 0.6 is 0 Å². The number of fused-ring (bicyclic) bond motifs is 1. The molecule has 8 heteroatoms. The van der Waals surface area contributed by atoms with Crippen LogP contribution in [-0.4, -0.2) is 56.6 Å². The van der Waals surface area contributed by atoms with Crippen LogP contribution in [0.25, 0.3) is 10.8 Å². The molecule has 1 aliphatic rings. The molecule has 1 atom stereocenters. The SMILES string of the molecule is CCC(C(=O)NC1CCCCC1)N(CCc1ccccc1)C(=O)CN(c1cccc2ccccc12)S(C)(=O)=O. The molecule has 1 fully saturated rings.